The van der Waals surface area contributed by atoms with E-state index in [0.717, 1.165) is 0 Å². The van der Waals surface area contributed by atoms with Crippen molar-refractivity contribution in [2.75, 3.05) is 6.54 Å². The lowest BCUT2D eigenvalue weighted by Gasteiger charge is -2.05. The maximum Gasteiger partial charge on any atom is 0.419 e. The molecule has 1 aromatic heterocycles. The number of rotatable bonds is 3. The normalized spacial score (nSPS) is 12.9. The molecule has 1 aromatic carbocycles. The number of ketones is 1. The fourth-order valence-corrected chi connectivity index (χ4v) is 1.59. The van der Waals surface area contributed by atoms with E-state index in [-0.39, 0.29) is 12.1 Å². The standard InChI is InChI=1S/C11H12N2O4/c1-13-7-3-2-6(10(15)8(14)5-12)4-9(7)17-11(13)16/h2-4,8,14H,5,12H2,1H3. The van der Waals surface area contributed by atoms with Crippen LogP contribution in [0.1, 0.15) is 10.4 Å². The fraction of sp³-hybridized carbons (Fsp3) is 0.273. The summed E-state index contributed by atoms with van der Waals surface area (Å²) in [5.41, 5.74) is 6.38. The van der Waals surface area contributed by atoms with E-state index in [0.29, 0.717) is 11.1 Å². The lowest BCUT2D eigenvalue weighted by molar-refractivity contribution is 0.0763. The van der Waals surface area contributed by atoms with Gasteiger partial charge in [0.25, 0.3) is 0 Å². The number of carbonyl (C=O) groups is 1. The van der Waals surface area contributed by atoms with E-state index in [9.17, 15) is 14.7 Å². The van der Waals surface area contributed by atoms with Gasteiger partial charge in [0.1, 0.15) is 6.10 Å². The highest BCUT2D eigenvalue weighted by atomic mass is 16.4. The van der Waals surface area contributed by atoms with Crippen LogP contribution in [0.15, 0.2) is 27.4 Å². The molecule has 90 valence electrons. The number of oxazole rings is 1. The predicted octanol–water partition coefficient (Wildman–Crippen LogP) is -0.366. The predicted molar refractivity (Wildman–Crippen MR) is 60.8 cm³/mol. The Hall–Kier alpha value is -1.92. The molecule has 2 aromatic rings. The minimum Gasteiger partial charge on any atom is -0.408 e. The summed E-state index contributed by atoms with van der Waals surface area (Å²) in [6.45, 7) is -0.143. The van der Waals surface area contributed by atoms with Crippen LogP contribution in [0.2, 0.25) is 0 Å². The number of aryl methyl sites for hydroxylation is 1. The molecule has 0 bridgehead atoms. The minimum atomic E-state index is -1.23. The van der Waals surface area contributed by atoms with Crippen LogP contribution < -0.4 is 11.5 Å². The summed E-state index contributed by atoms with van der Waals surface area (Å²) in [5.74, 6) is -0.982. The summed E-state index contributed by atoms with van der Waals surface area (Å²) in [4.78, 5) is 22.9. The largest absolute Gasteiger partial charge is 0.419 e. The SMILES string of the molecule is Cn1c(=O)oc2cc(C(=O)C(O)CN)ccc21. The molecule has 0 saturated heterocycles. The number of aliphatic hydroxyl groups is 1. The number of Topliss-reactive ketones (excluding diaryl/α,β-unsaturated/α-hetero) is 1. The molecule has 17 heavy (non-hydrogen) atoms. The van der Waals surface area contributed by atoms with Crippen LogP contribution in [0.4, 0.5) is 0 Å². The van der Waals surface area contributed by atoms with Gasteiger partial charge in [-0.3, -0.25) is 9.36 Å². The number of benzene rings is 1. The van der Waals surface area contributed by atoms with E-state index >= 15 is 0 Å². The van der Waals surface area contributed by atoms with Gasteiger partial charge in [-0.25, -0.2) is 4.79 Å². The van der Waals surface area contributed by atoms with E-state index in [1.54, 1.807) is 13.1 Å². The average Bonchev–Trinajstić information content (AvgIpc) is 2.62. The summed E-state index contributed by atoms with van der Waals surface area (Å²) in [6, 6.07) is 4.55. The van der Waals surface area contributed by atoms with Gasteiger partial charge in [-0.05, 0) is 18.2 Å². The first-order valence-electron chi connectivity index (χ1n) is 5.06. The van der Waals surface area contributed by atoms with Crippen LogP contribution in [-0.2, 0) is 7.05 Å². The number of nitrogens with two attached hydrogens (primary N) is 1. The third-order valence-corrected chi connectivity index (χ3v) is 2.60. The van der Waals surface area contributed by atoms with Crippen LogP contribution in [0.25, 0.3) is 11.1 Å². The maximum absolute atomic E-state index is 11.7. The maximum atomic E-state index is 11.7. The van der Waals surface area contributed by atoms with Crippen LogP contribution in [0.3, 0.4) is 0 Å². The molecule has 2 rings (SSSR count). The van der Waals surface area contributed by atoms with Crippen molar-refractivity contribution in [1.82, 2.24) is 4.57 Å². The van der Waals surface area contributed by atoms with Crippen molar-refractivity contribution in [3.8, 4) is 0 Å². The molecule has 1 heterocycles. The third-order valence-electron chi connectivity index (χ3n) is 2.60. The second-order valence-corrected chi connectivity index (χ2v) is 3.73. The van der Waals surface area contributed by atoms with Crippen LogP contribution in [0.5, 0.6) is 0 Å². The minimum absolute atomic E-state index is 0.143. The summed E-state index contributed by atoms with van der Waals surface area (Å²) < 4.78 is 6.28. The highest BCUT2D eigenvalue weighted by molar-refractivity contribution is 6.01. The number of hydrogen-bond donors (Lipinski definition) is 2. The molecule has 1 unspecified atom stereocenters. The molecule has 0 aliphatic rings. The van der Waals surface area contributed by atoms with Gasteiger partial charge in [0.15, 0.2) is 11.4 Å². The molecule has 0 aliphatic carbocycles. The van der Waals surface area contributed by atoms with Gasteiger partial charge in [-0.2, -0.15) is 0 Å². The molecule has 0 radical (unpaired) electrons. The highest BCUT2D eigenvalue weighted by Gasteiger charge is 2.17. The molecular formula is C11H12N2O4. The van der Waals surface area contributed by atoms with Crippen molar-refractivity contribution < 1.29 is 14.3 Å². The topological polar surface area (TPSA) is 98.5 Å². The molecule has 3 N–H and O–H groups in total. The lowest BCUT2D eigenvalue weighted by Crippen LogP contribution is -2.29. The molecule has 0 saturated carbocycles. The fourth-order valence-electron chi connectivity index (χ4n) is 1.59. The Morgan fingerprint density at radius 1 is 1.59 bits per heavy atom. The first-order chi connectivity index (χ1) is 8.04. The van der Waals surface area contributed by atoms with E-state index in [1.807, 2.05) is 0 Å². The summed E-state index contributed by atoms with van der Waals surface area (Å²) >= 11 is 0. The third kappa shape index (κ3) is 1.88. The Bertz CT molecular complexity index is 626. The average molecular weight is 236 g/mol. The molecule has 0 fully saturated rings. The van der Waals surface area contributed by atoms with Crippen LogP contribution >= 0.6 is 0 Å². The summed E-state index contributed by atoms with van der Waals surface area (Å²) in [5, 5.41) is 9.34. The smallest absolute Gasteiger partial charge is 0.408 e. The van der Waals surface area contributed by atoms with Crippen LogP contribution in [0, 0.1) is 0 Å². The van der Waals surface area contributed by atoms with Gasteiger partial charge < -0.3 is 15.3 Å². The van der Waals surface area contributed by atoms with Crippen molar-refractivity contribution in [1.29, 1.82) is 0 Å². The number of carbonyl (C=O) groups excluding carboxylic acids is 1. The molecule has 6 nitrogen and oxygen atoms in total. The molecule has 6 heteroatoms. The zero-order valence-electron chi connectivity index (χ0n) is 9.21. The Balaban J connectivity index is 2.52. The van der Waals surface area contributed by atoms with Gasteiger partial charge in [-0.1, -0.05) is 0 Å². The van der Waals surface area contributed by atoms with E-state index in [1.165, 1.54) is 16.7 Å². The van der Waals surface area contributed by atoms with Crippen molar-refractivity contribution >= 4 is 16.9 Å². The molecular weight excluding hydrogens is 224 g/mol. The highest BCUT2D eigenvalue weighted by Crippen LogP contribution is 2.15. The van der Waals surface area contributed by atoms with Crippen molar-refractivity contribution in [2.45, 2.75) is 6.10 Å². The van der Waals surface area contributed by atoms with Crippen molar-refractivity contribution in [2.24, 2.45) is 12.8 Å². The molecule has 1 atom stereocenters. The molecule has 0 amide bonds. The van der Waals surface area contributed by atoms with Crippen LogP contribution in [-0.4, -0.2) is 28.1 Å². The number of hydrogen-bond acceptors (Lipinski definition) is 5. The lowest BCUT2D eigenvalue weighted by atomic mass is 10.1. The first-order valence-corrected chi connectivity index (χ1v) is 5.06. The van der Waals surface area contributed by atoms with Crippen molar-refractivity contribution in [3.05, 3.63) is 34.3 Å². The second-order valence-electron chi connectivity index (χ2n) is 3.73. The second kappa shape index (κ2) is 4.15. The van der Waals surface area contributed by atoms with Gasteiger partial charge >= 0.3 is 5.76 Å². The zero-order chi connectivity index (χ0) is 12.6. The summed E-state index contributed by atoms with van der Waals surface area (Å²) in [6.07, 6.45) is -1.23. The first kappa shape index (κ1) is 11.6. The number of nitrogens with zero attached hydrogens (tertiary/aromatic N) is 1. The van der Waals surface area contributed by atoms with E-state index < -0.39 is 17.6 Å². The Morgan fingerprint density at radius 2 is 2.29 bits per heavy atom. The van der Waals surface area contributed by atoms with Gasteiger partial charge in [0, 0.05) is 19.2 Å². The Kier molecular flexibility index (Phi) is 2.83. The number of aromatic nitrogens is 1. The zero-order valence-corrected chi connectivity index (χ0v) is 9.21. The number of fused-ring (bicyclic) bond motifs is 1. The monoisotopic (exact) mass is 236 g/mol. The Morgan fingerprint density at radius 3 is 2.94 bits per heavy atom. The van der Waals surface area contributed by atoms with Crippen molar-refractivity contribution in [3.63, 3.8) is 0 Å². The van der Waals surface area contributed by atoms with Gasteiger partial charge in [-0.15, -0.1) is 0 Å². The van der Waals surface area contributed by atoms with E-state index in [4.69, 9.17) is 10.2 Å². The van der Waals surface area contributed by atoms with Gasteiger partial charge in [0.05, 0.1) is 5.52 Å². The Labute approximate surface area is 96.3 Å². The summed E-state index contributed by atoms with van der Waals surface area (Å²) in [7, 11) is 1.57. The number of aliphatic hydroxyl groups excluding tert-OH is 1. The molecule has 0 aliphatic heterocycles. The van der Waals surface area contributed by atoms with Gasteiger partial charge in [0.2, 0.25) is 0 Å². The quantitative estimate of drug-likeness (QED) is 0.709. The molecule has 0 spiro atoms. The van der Waals surface area contributed by atoms with E-state index in [2.05, 4.69) is 0 Å².